The quantitative estimate of drug-likeness (QED) is 0.386. The fraction of sp³-hybridized carbons (Fsp3) is 0.609. The molecule has 0 aliphatic carbocycles. The summed E-state index contributed by atoms with van der Waals surface area (Å²) < 4.78 is 0. The zero-order valence-electron chi connectivity index (χ0n) is 18.1. The topological polar surface area (TPSA) is 45.2 Å². The van der Waals surface area contributed by atoms with E-state index in [0.29, 0.717) is 5.75 Å². The zero-order chi connectivity index (χ0) is 20.2. The normalized spacial score (nSPS) is 12.4. The molecule has 0 unspecified atom stereocenters. The number of thiazole rings is 1. The largest absolute Gasteiger partial charge is 0.507 e. The summed E-state index contributed by atoms with van der Waals surface area (Å²) in [4.78, 5) is 5.89. The first-order valence-corrected chi connectivity index (χ1v) is 10.9. The Labute approximate surface area is 169 Å². The van der Waals surface area contributed by atoms with E-state index in [-0.39, 0.29) is 10.8 Å². The first kappa shape index (κ1) is 21.7. The van der Waals surface area contributed by atoms with Crippen LogP contribution >= 0.6 is 11.3 Å². The van der Waals surface area contributed by atoms with Gasteiger partial charge in [0, 0.05) is 27.9 Å². The van der Waals surface area contributed by atoms with Crippen molar-refractivity contribution in [1.29, 1.82) is 0 Å². The molecule has 0 radical (unpaired) electrons. The molecular weight excluding hydrogens is 352 g/mol. The van der Waals surface area contributed by atoms with Crippen LogP contribution in [-0.2, 0) is 17.3 Å². The Morgan fingerprint density at radius 2 is 1.56 bits per heavy atom. The van der Waals surface area contributed by atoms with Gasteiger partial charge in [-0.2, -0.15) is 0 Å². The summed E-state index contributed by atoms with van der Waals surface area (Å²) >= 11 is 1.73. The van der Waals surface area contributed by atoms with Gasteiger partial charge in [0.2, 0.25) is 0 Å². The Hall–Kier alpha value is -1.55. The van der Waals surface area contributed by atoms with Crippen LogP contribution < -0.4 is 5.32 Å². The number of phenolic OH excluding ortho intramolecular Hbond substituents is 1. The third-order valence-corrected chi connectivity index (χ3v) is 5.78. The van der Waals surface area contributed by atoms with Gasteiger partial charge in [-0.25, -0.2) is 4.98 Å². The Balaban J connectivity index is 2.25. The first-order valence-electron chi connectivity index (χ1n) is 10.1. The van der Waals surface area contributed by atoms with Crippen LogP contribution in [-0.4, -0.2) is 10.1 Å². The average molecular weight is 389 g/mol. The molecule has 27 heavy (non-hydrogen) atoms. The maximum Gasteiger partial charge on any atom is 0.187 e. The van der Waals surface area contributed by atoms with Crippen molar-refractivity contribution in [1.82, 2.24) is 4.98 Å². The second kappa shape index (κ2) is 8.64. The summed E-state index contributed by atoms with van der Waals surface area (Å²) in [6.45, 7) is 15.1. The molecule has 2 aromatic rings. The fourth-order valence-electron chi connectivity index (χ4n) is 3.18. The van der Waals surface area contributed by atoms with Crippen LogP contribution in [0.5, 0.6) is 5.75 Å². The van der Waals surface area contributed by atoms with Crippen molar-refractivity contribution in [2.24, 2.45) is 0 Å². The Kier molecular flexibility index (Phi) is 6.96. The lowest BCUT2D eigenvalue weighted by molar-refractivity contribution is 0.423. The molecule has 150 valence electrons. The van der Waals surface area contributed by atoms with Gasteiger partial charge < -0.3 is 10.4 Å². The monoisotopic (exact) mass is 388 g/mol. The number of anilines is 2. The molecule has 0 aliphatic rings. The fourth-order valence-corrected chi connectivity index (χ4v) is 4.05. The van der Waals surface area contributed by atoms with Gasteiger partial charge in [0.05, 0.1) is 0 Å². The lowest BCUT2D eigenvalue weighted by atomic mass is 9.79. The molecule has 0 saturated heterocycles. The lowest BCUT2D eigenvalue weighted by Crippen LogP contribution is -2.17. The maximum absolute atomic E-state index is 10.9. The third-order valence-electron chi connectivity index (χ3n) is 4.81. The van der Waals surface area contributed by atoms with E-state index in [1.807, 2.05) is 6.20 Å². The number of aromatic nitrogens is 1. The second-order valence-electron chi connectivity index (χ2n) is 9.49. The highest BCUT2D eigenvalue weighted by Crippen LogP contribution is 2.41. The molecule has 1 aromatic heterocycles. The van der Waals surface area contributed by atoms with Gasteiger partial charge in [-0.15, -0.1) is 11.3 Å². The van der Waals surface area contributed by atoms with Crippen LogP contribution in [0, 0.1) is 0 Å². The van der Waals surface area contributed by atoms with Crippen molar-refractivity contribution in [3.63, 3.8) is 0 Å². The van der Waals surface area contributed by atoms with Crippen LogP contribution in [0.2, 0.25) is 0 Å². The number of nitrogens with zero attached hydrogens (tertiary/aromatic N) is 1. The standard InChI is InChI=1S/C23H36N2OS/c1-8-9-10-11-12-17-15-24-21(27-17)25-16-13-18(22(2,3)4)20(26)19(14-16)23(5,6)7/h13-15,26H,8-12H2,1-7H3,(H,24,25). The van der Waals surface area contributed by atoms with Crippen molar-refractivity contribution < 1.29 is 5.11 Å². The summed E-state index contributed by atoms with van der Waals surface area (Å²) in [5, 5.41) is 15.3. The maximum atomic E-state index is 10.9. The van der Waals surface area contributed by atoms with E-state index < -0.39 is 0 Å². The number of aryl methyl sites for hydroxylation is 1. The van der Waals surface area contributed by atoms with Gasteiger partial charge >= 0.3 is 0 Å². The summed E-state index contributed by atoms with van der Waals surface area (Å²) in [5.74, 6) is 0.413. The van der Waals surface area contributed by atoms with Crippen molar-refractivity contribution in [2.45, 2.75) is 91.4 Å². The third kappa shape index (κ3) is 5.97. The number of aromatic hydroxyl groups is 1. The number of rotatable bonds is 7. The van der Waals surface area contributed by atoms with E-state index in [4.69, 9.17) is 0 Å². The minimum absolute atomic E-state index is 0.130. The molecular formula is C23H36N2OS. The van der Waals surface area contributed by atoms with Gasteiger partial charge in [0.1, 0.15) is 5.75 Å². The van der Waals surface area contributed by atoms with E-state index in [0.717, 1.165) is 28.4 Å². The van der Waals surface area contributed by atoms with E-state index in [2.05, 4.69) is 70.9 Å². The van der Waals surface area contributed by atoms with Crippen LogP contribution in [0.3, 0.4) is 0 Å². The molecule has 4 heteroatoms. The van der Waals surface area contributed by atoms with Gasteiger partial charge in [0.15, 0.2) is 5.13 Å². The van der Waals surface area contributed by atoms with Gasteiger partial charge in [0.25, 0.3) is 0 Å². The van der Waals surface area contributed by atoms with Crippen molar-refractivity contribution >= 4 is 22.2 Å². The molecule has 0 spiro atoms. The number of phenols is 1. The molecule has 2 rings (SSSR count). The molecule has 0 aliphatic heterocycles. The summed E-state index contributed by atoms with van der Waals surface area (Å²) in [6, 6.07) is 4.12. The minimum Gasteiger partial charge on any atom is -0.507 e. The summed E-state index contributed by atoms with van der Waals surface area (Å²) in [7, 11) is 0. The van der Waals surface area contributed by atoms with Gasteiger partial charge in [-0.05, 0) is 35.8 Å². The van der Waals surface area contributed by atoms with Gasteiger partial charge in [-0.1, -0.05) is 67.7 Å². The van der Waals surface area contributed by atoms with Crippen LogP contribution in [0.4, 0.5) is 10.8 Å². The number of hydrogen-bond donors (Lipinski definition) is 2. The van der Waals surface area contributed by atoms with E-state index in [9.17, 15) is 5.11 Å². The molecule has 0 fully saturated rings. The van der Waals surface area contributed by atoms with E-state index >= 15 is 0 Å². The van der Waals surface area contributed by atoms with Crippen molar-refractivity contribution in [3.8, 4) is 5.75 Å². The SMILES string of the molecule is CCCCCCc1cnc(Nc2cc(C(C)(C)C)c(O)c(C(C)(C)C)c2)s1. The molecule has 0 bridgehead atoms. The second-order valence-corrected chi connectivity index (χ2v) is 10.6. The molecule has 0 atom stereocenters. The minimum atomic E-state index is -0.130. The van der Waals surface area contributed by atoms with Crippen LogP contribution in [0.15, 0.2) is 18.3 Å². The summed E-state index contributed by atoms with van der Waals surface area (Å²) in [6.07, 6.45) is 8.20. The van der Waals surface area contributed by atoms with Crippen molar-refractivity contribution in [3.05, 3.63) is 34.3 Å². The molecule has 0 saturated carbocycles. The molecule has 1 heterocycles. The van der Waals surface area contributed by atoms with Gasteiger partial charge in [-0.3, -0.25) is 0 Å². The zero-order valence-corrected chi connectivity index (χ0v) is 18.9. The van der Waals surface area contributed by atoms with E-state index in [1.54, 1.807) is 11.3 Å². The number of unbranched alkanes of at least 4 members (excludes halogenated alkanes) is 3. The molecule has 1 aromatic carbocycles. The molecule has 0 amide bonds. The average Bonchev–Trinajstić information content (AvgIpc) is 2.98. The summed E-state index contributed by atoms with van der Waals surface area (Å²) in [5.41, 5.74) is 2.67. The predicted octanol–water partition coefficient (Wildman–Crippen LogP) is 7.31. The predicted molar refractivity (Wildman–Crippen MR) is 119 cm³/mol. The number of nitrogens with one attached hydrogen (secondary N) is 1. The Morgan fingerprint density at radius 1 is 0.963 bits per heavy atom. The highest BCUT2D eigenvalue weighted by Gasteiger charge is 2.26. The molecule has 3 nitrogen and oxygen atoms in total. The number of hydrogen-bond acceptors (Lipinski definition) is 4. The Bertz CT molecular complexity index is 715. The number of benzene rings is 1. The Morgan fingerprint density at radius 3 is 2.07 bits per heavy atom. The van der Waals surface area contributed by atoms with E-state index in [1.165, 1.54) is 30.6 Å². The highest BCUT2D eigenvalue weighted by atomic mass is 32.1. The van der Waals surface area contributed by atoms with Crippen LogP contribution in [0.1, 0.15) is 90.2 Å². The molecule has 2 N–H and O–H groups in total. The lowest BCUT2D eigenvalue weighted by Gasteiger charge is -2.28. The van der Waals surface area contributed by atoms with Crippen molar-refractivity contribution in [2.75, 3.05) is 5.32 Å². The first-order chi connectivity index (χ1) is 12.5. The highest BCUT2D eigenvalue weighted by molar-refractivity contribution is 7.15. The smallest absolute Gasteiger partial charge is 0.187 e. The van der Waals surface area contributed by atoms with Crippen LogP contribution in [0.25, 0.3) is 0 Å².